The molecule has 0 saturated heterocycles. The second-order valence-electron chi connectivity index (χ2n) is 6.20. The molecular formula is C20H19N3O5S. The fourth-order valence-corrected chi connectivity index (χ4v) is 3.16. The Balaban J connectivity index is 1.70. The van der Waals surface area contributed by atoms with Crippen LogP contribution in [0, 0.1) is 0 Å². The third kappa shape index (κ3) is 5.52. The standard InChI is InChI=1S/C20H19N3O5S/c1-29(26,27)17-9-5-6-15(14-17)21-20(25)18-10-11-19(24)23(22-18)12-13-28-16-7-3-2-4-8-16/h2-11,14H,12-13H2,1H3,(H,21,25). The van der Waals surface area contributed by atoms with Gasteiger partial charge in [-0.1, -0.05) is 24.3 Å². The highest BCUT2D eigenvalue weighted by Gasteiger charge is 2.12. The molecule has 0 aliphatic rings. The molecule has 0 bridgehead atoms. The molecule has 0 aliphatic carbocycles. The van der Waals surface area contributed by atoms with E-state index in [1.807, 2.05) is 18.2 Å². The minimum Gasteiger partial charge on any atom is -0.492 e. The molecule has 3 aromatic rings. The van der Waals surface area contributed by atoms with E-state index in [0.717, 1.165) is 10.9 Å². The molecule has 3 rings (SSSR count). The zero-order valence-electron chi connectivity index (χ0n) is 15.6. The molecule has 1 amide bonds. The van der Waals surface area contributed by atoms with Crippen molar-refractivity contribution in [1.82, 2.24) is 9.78 Å². The Morgan fingerprint density at radius 3 is 2.55 bits per heavy atom. The molecule has 29 heavy (non-hydrogen) atoms. The lowest BCUT2D eigenvalue weighted by Crippen LogP contribution is -2.28. The van der Waals surface area contributed by atoms with Crippen molar-refractivity contribution in [3.05, 3.63) is 82.8 Å². The number of hydrogen-bond acceptors (Lipinski definition) is 6. The van der Waals surface area contributed by atoms with E-state index in [0.29, 0.717) is 11.4 Å². The van der Waals surface area contributed by atoms with Crippen LogP contribution in [0.1, 0.15) is 10.5 Å². The van der Waals surface area contributed by atoms with Crippen molar-refractivity contribution in [2.45, 2.75) is 11.4 Å². The molecule has 1 heterocycles. The summed E-state index contributed by atoms with van der Waals surface area (Å²) in [6.45, 7) is 0.372. The minimum absolute atomic E-state index is 0.0223. The lowest BCUT2D eigenvalue weighted by Gasteiger charge is -2.09. The number of amides is 1. The second kappa shape index (κ2) is 8.70. The van der Waals surface area contributed by atoms with E-state index in [1.165, 1.54) is 30.3 Å². The van der Waals surface area contributed by atoms with Crippen LogP contribution in [0.25, 0.3) is 0 Å². The van der Waals surface area contributed by atoms with Crippen molar-refractivity contribution in [3.8, 4) is 5.75 Å². The third-order valence-corrected chi connectivity index (χ3v) is 5.04. The lowest BCUT2D eigenvalue weighted by atomic mass is 10.3. The highest BCUT2D eigenvalue weighted by Crippen LogP contribution is 2.16. The predicted octanol–water partition coefficient (Wildman–Crippen LogP) is 1.98. The summed E-state index contributed by atoms with van der Waals surface area (Å²) in [7, 11) is -3.40. The first-order valence-electron chi connectivity index (χ1n) is 8.70. The van der Waals surface area contributed by atoms with Gasteiger partial charge < -0.3 is 10.1 Å². The number of carbonyl (C=O) groups is 1. The number of para-hydroxylation sites is 1. The van der Waals surface area contributed by atoms with Crippen LogP contribution in [0.3, 0.4) is 0 Å². The highest BCUT2D eigenvalue weighted by molar-refractivity contribution is 7.90. The van der Waals surface area contributed by atoms with Crippen LogP contribution in [0.5, 0.6) is 5.75 Å². The minimum atomic E-state index is -3.40. The average Bonchev–Trinajstić information content (AvgIpc) is 2.70. The molecule has 150 valence electrons. The van der Waals surface area contributed by atoms with Gasteiger partial charge in [-0.05, 0) is 36.4 Å². The van der Waals surface area contributed by atoms with E-state index in [-0.39, 0.29) is 29.3 Å². The van der Waals surface area contributed by atoms with Gasteiger partial charge in [-0.15, -0.1) is 0 Å². The van der Waals surface area contributed by atoms with E-state index in [4.69, 9.17) is 4.74 Å². The Kier molecular flexibility index (Phi) is 6.08. The molecule has 0 saturated carbocycles. The first kappa shape index (κ1) is 20.3. The summed E-state index contributed by atoms with van der Waals surface area (Å²) in [6.07, 6.45) is 1.09. The Bertz CT molecular complexity index is 1170. The zero-order chi connectivity index (χ0) is 20.9. The molecule has 8 nitrogen and oxygen atoms in total. The molecule has 0 radical (unpaired) electrons. The average molecular weight is 413 g/mol. The van der Waals surface area contributed by atoms with E-state index >= 15 is 0 Å². The summed E-state index contributed by atoms with van der Waals surface area (Å²) >= 11 is 0. The fourth-order valence-electron chi connectivity index (χ4n) is 2.50. The monoisotopic (exact) mass is 413 g/mol. The normalized spacial score (nSPS) is 11.1. The number of benzene rings is 2. The van der Waals surface area contributed by atoms with Gasteiger partial charge in [0.1, 0.15) is 18.1 Å². The van der Waals surface area contributed by atoms with Crippen LogP contribution in [-0.2, 0) is 16.4 Å². The number of aromatic nitrogens is 2. The first-order valence-corrected chi connectivity index (χ1v) is 10.6. The van der Waals surface area contributed by atoms with Crippen molar-refractivity contribution in [3.63, 3.8) is 0 Å². The Morgan fingerprint density at radius 1 is 1.07 bits per heavy atom. The summed E-state index contributed by atoms with van der Waals surface area (Å²) in [5, 5.41) is 6.65. The number of nitrogens with zero attached hydrogens (tertiary/aromatic N) is 2. The van der Waals surface area contributed by atoms with Crippen LogP contribution >= 0.6 is 0 Å². The van der Waals surface area contributed by atoms with Crippen molar-refractivity contribution >= 4 is 21.4 Å². The molecular weight excluding hydrogens is 394 g/mol. The van der Waals surface area contributed by atoms with Crippen LogP contribution in [0.15, 0.2) is 76.4 Å². The molecule has 0 unspecified atom stereocenters. The topological polar surface area (TPSA) is 107 Å². The summed E-state index contributed by atoms with van der Waals surface area (Å²) in [4.78, 5) is 24.5. The maximum atomic E-state index is 12.5. The maximum Gasteiger partial charge on any atom is 0.276 e. The summed E-state index contributed by atoms with van der Waals surface area (Å²) < 4.78 is 30.0. The molecule has 0 fully saturated rings. The van der Waals surface area contributed by atoms with Gasteiger partial charge in [-0.25, -0.2) is 13.1 Å². The van der Waals surface area contributed by atoms with Gasteiger partial charge in [0.2, 0.25) is 0 Å². The van der Waals surface area contributed by atoms with Gasteiger partial charge in [0, 0.05) is 18.0 Å². The van der Waals surface area contributed by atoms with Crippen LogP contribution in [-0.4, -0.2) is 37.0 Å². The van der Waals surface area contributed by atoms with E-state index in [1.54, 1.807) is 18.2 Å². The van der Waals surface area contributed by atoms with Gasteiger partial charge in [0.15, 0.2) is 9.84 Å². The van der Waals surface area contributed by atoms with Crippen LogP contribution in [0.4, 0.5) is 5.69 Å². The Labute approximate surface area is 167 Å². The number of nitrogens with one attached hydrogen (secondary N) is 1. The Hall–Kier alpha value is -3.46. The highest BCUT2D eigenvalue weighted by atomic mass is 32.2. The number of anilines is 1. The molecule has 9 heteroatoms. The smallest absolute Gasteiger partial charge is 0.276 e. The van der Waals surface area contributed by atoms with Crippen LogP contribution < -0.4 is 15.6 Å². The maximum absolute atomic E-state index is 12.5. The number of sulfone groups is 1. The molecule has 2 aromatic carbocycles. The fraction of sp³-hybridized carbons (Fsp3) is 0.150. The SMILES string of the molecule is CS(=O)(=O)c1cccc(NC(=O)c2ccc(=O)n(CCOc3ccccc3)n2)c1. The van der Waals surface area contributed by atoms with Crippen molar-refractivity contribution in [1.29, 1.82) is 0 Å². The number of ether oxygens (including phenoxy) is 1. The third-order valence-electron chi connectivity index (χ3n) is 3.93. The molecule has 1 aromatic heterocycles. The lowest BCUT2D eigenvalue weighted by molar-refractivity contribution is 0.101. The van der Waals surface area contributed by atoms with E-state index in [9.17, 15) is 18.0 Å². The van der Waals surface area contributed by atoms with Crippen molar-refractivity contribution in [2.75, 3.05) is 18.2 Å². The molecule has 0 atom stereocenters. The van der Waals surface area contributed by atoms with E-state index in [2.05, 4.69) is 10.4 Å². The van der Waals surface area contributed by atoms with Crippen LogP contribution in [0.2, 0.25) is 0 Å². The van der Waals surface area contributed by atoms with Gasteiger partial charge in [0.05, 0.1) is 11.4 Å². The van der Waals surface area contributed by atoms with Gasteiger partial charge in [0.25, 0.3) is 11.5 Å². The van der Waals surface area contributed by atoms with E-state index < -0.39 is 15.7 Å². The summed E-state index contributed by atoms with van der Waals surface area (Å²) in [5.74, 6) is 0.105. The number of rotatable bonds is 7. The van der Waals surface area contributed by atoms with Gasteiger partial charge >= 0.3 is 0 Å². The van der Waals surface area contributed by atoms with Crippen molar-refractivity contribution < 1.29 is 17.9 Å². The predicted molar refractivity (Wildman–Crippen MR) is 108 cm³/mol. The summed E-state index contributed by atoms with van der Waals surface area (Å²) in [6, 6.07) is 17.6. The largest absolute Gasteiger partial charge is 0.492 e. The number of carbonyl (C=O) groups excluding carboxylic acids is 1. The summed E-state index contributed by atoms with van der Waals surface area (Å²) in [5.41, 5.74) is -0.0313. The Morgan fingerprint density at radius 2 is 1.83 bits per heavy atom. The van der Waals surface area contributed by atoms with Gasteiger partial charge in [-0.3, -0.25) is 9.59 Å². The quantitative estimate of drug-likeness (QED) is 0.635. The molecule has 0 spiro atoms. The number of hydrogen-bond donors (Lipinski definition) is 1. The molecule has 0 aliphatic heterocycles. The van der Waals surface area contributed by atoms with Gasteiger partial charge in [-0.2, -0.15) is 5.10 Å². The van der Waals surface area contributed by atoms with Crippen molar-refractivity contribution in [2.24, 2.45) is 0 Å². The molecule has 1 N–H and O–H groups in total. The second-order valence-corrected chi connectivity index (χ2v) is 8.21. The zero-order valence-corrected chi connectivity index (χ0v) is 16.4. The first-order chi connectivity index (χ1) is 13.8.